The number of thiophene rings is 1. The van der Waals surface area contributed by atoms with E-state index in [0.717, 1.165) is 11.3 Å². The van der Waals surface area contributed by atoms with Crippen LogP contribution in [0, 0.1) is 5.95 Å². The van der Waals surface area contributed by atoms with E-state index in [4.69, 9.17) is 0 Å². The lowest BCUT2D eigenvalue weighted by molar-refractivity contribution is -0.140. The van der Waals surface area contributed by atoms with Gasteiger partial charge in [0, 0.05) is 4.88 Å². The minimum absolute atomic E-state index is 0.196. The van der Waals surface area contributed by atoms with Crippen molar-refractivity contribution in [2.75, 3.05) is 0 Å². The third-order valence-electron chi connectivity index (χ3n) is 2.87. The molecule has 0 N–H and O–H groups in total. The molecule has 7 heteroatoms. The molecule has 0 unspecified atom stereocenters. The van der Waals surface area contributed by atoms with E-state index in [1.165, 1.54) is 18.2 Å². The van der Waals surface area contributed by atoms with Crippen LogP contribution >= 0.6 is 11.3 Å². The summed E-state index contributed by atoms with van der Waals surface area (Å²) in [6.45, 7) is 0. The molecule has 0 bridgehead atoms. The molecule has 0 aliphatic rings. The Morgan fingerprint density at radius 2 is 1.71 bits per heavy atom. The van der Waals surface area contributed by atoms with Gasteiger partial charge >= 0.3 is 6.18 Å². The molecule has 0 spiro atoms. The van der Waals surface area contributed by atoms with Gasteiger partial charge in [0.15, 0.2) is 5.69 Å². The van der Waals surface area contributed by atoms with E-state index in [1.54, 1.807) is 29.6 Å². The van der Waals surface area contributed by atoms with E-state index in [9.17, 15) is 17.6 Å². The molecule has 2 heterocycles. The molecule has 0 saturated heterocycles. The Labute approximate surface area is 121 Å². The summed E-state index contributed by atoms with van der Waals surface area (Å²) in [4.78, 5) is 0.196. The second-order valence-corrected chi connectivity index (χ2v) is 5.18. The molecule has 0 fully saturated rings. The zero-order valence-electron chi connectivity index (χ0n) is 10.4. The highest BCUT2D eigenvalue weighted by atomic mass is 32.1. The van der Waals surface area contributed by atoms with Gasteiger partial charge in [-0.1, -0.05) is 24.3 Å². The van der Waals surface area contributed by atoms with E-state index in [0.29, 0.717) is 4.68 Å². The number of alkyl halides is 3. The Bertz CT molecular complexity index is 745. The Kier molecular flexibility index (Phi) is 3.29. The number of para-hydroxylation sites is 1. The van der Waals surface area contributed by atoms with Crippen LogP contribution < -0.4 is 0 Å². The van der Waals surface area contributed by atoms with Crippen molar-refractivity contribution in [3.05, 3.63) is 59.5 Å². The molecule has 0 aliphatic carbocycles. The fourth-order valence-corrected chi connectivity index (χ4v) is 2.74. The Morgan fingerprint density at radius 3 is 2.29 bits per heavy atom. The molecule has 21 heavy (non-hydrogen) atoms. The molecular weight excluding hydrogens is 304 g/mol. The first-order valence-electron chi connectivity index (χ1n) is 5.93. The summed E-state index contributed by atoms with van der Waals surface area (Å²) in [5, 5.41) is 5.02. The Morgan fingerprint density at radius 1 is 1.00 bits per heavy atom. The summed E-state index contributed by atoms with van der Waals surface area (Å²) < 4.78 is 54.5. The van der Waals surface area contributed by atoms with Crippen molar-refractivity contribution in [3.8, 4) is 16.1 Å². The molecule has 1 aromatic carbocycles. The molecule has 108 valence electrons. The second-order valence-electron chi connectivity index (χ2n) is 4.24. The van der Waals surface area contributed by atoms with Crippen LogP contribution in [0.25, 0.3) is 16.1 Å². The molecule has 0 atom stereocenters. The normalized spacial score (nSPS) is 11.8. The van der Waals surface area contributed by atoms with Crippen LogP contribution in [0.4, 0.5) is 17.6 Å². The average molecular weight is 312 g/mol. The van der Waals surface area contributed by atoms with Crippen molar-refractivity contribution >= 4 is 11.3 Å². The second kappa shape index (κ2) is 5.00. The van der Waals surface area contributed by atoms with Gasteiger partial charge in [0.2, 0.25) is 5.95 Å². The predicted molar refractivity (Wildman–Crippen MR) is 71.8 cm³/mol. The van der Waals surface area contributed by atoms with Gasteiger partial charge in [-0.25, -0.2) is 4.68 Å². The van der Waals surface area contributed by atoms with Gasteiger partial charge in [-0.05, 0) is 23.6 Å². The molecule has 0 aliphatic heterocycles. The molecule has 3 aromatic rings. The minimum Gasteiger partial charge on any atom is -0.206 e. The molecule has 0 amide bonds. The van der Waals surface area contributed by atoms with Crippen LogP contribution in [0.15, 0.2) is 47.8 Å². The third-order valence-corrected chi connectivity index (χ3v) is 3.75. The molecule has 3 rings (SSSR count). The summed E-state index contributed by atoms with van der Waals surface area (Å²) in [7, 11) is 0. The molecule has 0 saturated carbocycles. The number of aromatic nitrogens is 2. The van der Waals surface area contributed by atoms with E-state index >= 15 is 0 Å². The quantitative estimate of drug-likeness (QED) is 0.624. The molecule has 2 aromatic heterocycles. The summed E-state index contributed by atoms with van der Waals surface area (Å²) in [6, 6.07) is 10.9. The lowest BCUT2D eigenvalue weighted by Crippen LogP contribution is -2.08. The lowest BCUT2D eigenvalue weighted by atomic mass is 10.2. The highest BCUT2D eigenvalue weighted by Crippen LogP contribution is 2.40. The number of benzene rings is 1. The van der Waals surface area contributed by atoms with E-state index in [-0.39, 0.29) is 10.6 Å². The van der Waals surface area contributed by atoms with Crippen molar-refractivity contribution in [2.24, 2.45) is 0 Å². The minimum atomic E-state index is -4.72. The lowest BCUT2D eigenvalue weighted by Gasteiger charge is -2.03. The van der Waals surface area contributed by atoms with Crippen LogP contribution in [0.1, 0.15) is 5.69 Å². The Balaban J connectivity index is 2.26. The van der Waals surface area contributed by atoms with Crippen LogP contribution in [0.5, 0.6) is 0 Å². The van der Waals surface area contributed by atoms with Gasteiger partial charge < -0.3 is 0 Å². The van der Waals surface area contributed by atoms with Crippen molar-refractivity contribution in [1.82, 2.24) is 9.78 Å². The number of rotatable bonds is 2. The van der Waals surface area contributed by atoms with Crippen LogP contribution in [-0.4, -0.2) is 9.78 Å². The molecule has 0 radical (unpaired) electrons. The fourth-order valence-electron chi connectivity index (χ4n) is 1.98. The van der Waals surface area contributed by atoms with Crippen molar-refractivity contribution in [2.45, 2.75) is 6.18 Å². The van der Waals surface area contributed by atoms with Crippen molar-refractivity contribution < 1.29 is 17.6 Å². The van der Waals surface area contributed by atoms with Gasteiger partial charge in [0.1, 0.15) is 0 Å². The first-order valence-corrected chi connectivity index (χ1v) is 6.81. The smallest absolute Gasteiger partial charge is 0.206 e. The van der Waals surface area contributed by atoms with E-state index in [1.807, 2.05) is 0 Å². The summed E-state index contributed by atoms with van der Waals surface area (Å²) in [5.41, 5.74) is -1.49. The summed E-state index contributed by atoms with van der Waals surface area (Å²) in [6.07, 6.45) is -4.72. The van der Waals surface area contributed by atoms with Crippen molar-refractivity contribution in [1.29, 1.82) is 0 Å². The number of nitrogens with zero attached hydrogens (tertiary/aromatic N) is 2. The van der Waals surface area contributed by atoms with E-state index < -0.39 is 23.4 Å². The number of hydrogen-bond donors (Lipinski definition) is 0. The first kappa shape index (κ1) is 13.8. The number of halogens is 4. The van der Waals surface area contributed by atoms with Crippen LogP contribution in [0.3, 0.4) is 0 Å². The number of hydrogen-bond acceptors (Lipinski definition) is 2. The van der Waals surface area contributed by atoms with Gasteiger partial charge in [-0.3, -0.25) is 0 Å². The van der Waals surface area contributed by atoms with Gasteiger partial charge in [-0.15, -0.1) is 11.3 Å². The zero-order valence-corrected chi connectivity index (χ0v) is 11.2. The zero-order chi connectivity index (χ0) is 15.0. The highest BCUT2D eigenvalue weighted by molar-refractivity contribution is 7.13. The first-order chi connectivity index (χ1) is 9.98. The average Bonchev–Trinajstić information content (AvgIpc) is 3.06. The molecule has 2 nitrogen and oxygen atoms in total. The van der Waals surface area contributed by atoms with Crippen LogP contribution in [-0.2, 0) is 6.18 Å². The van der Waals surface area contributed by atoms with Gasteiger partial charge in [0.25, 0.3) is 0 Å². The predicted octanol–water partition coefficient (Wildman–Crippen LogP) is 4.76. The van der Waals surface area contributed by atoms with Gasteiger partial charge in [-0.2, -0.15) is 22.7 Å². The van der Waals surface area contributed by atoms with Crippen molar-refractivity contribution in [3.63, 3.8) is 0 Å². The Hall–Kier alpha value is -2.15. The third kappa shape index (κ3) is 2.44. The highest BCUT2D eigenvalue weighted by Gasteiger charge is 2.40. The maximum absolute atomic E-state index is 14.5. The summed E-state index contributed by atoms with van der Waals surface area (Å²) in [5.74, 6) is -1.02. The maximum atomic E-state index is 14.5. The molecular formula is C14H8F4N2S. The topological polar surface area (TPSA) is 17.8 Å². The monoisotopic (exact) mass is 312 g/mol. The summed E-state index contributed by atoms with van der Waals surface area (Å²) >= 11 is 1.04. The largest absolute Gasteiger partial charge is 0.435 e. The standard InChI is InChI=1S/C14H8F4N2S/c15-13-11(10-7-4-8-21-10)12(14(16,17)18)19-20(13)9-5-2-1-3-6-9/h1-8H. The van der Waals surface area contributed by atoms with Crippen LogP contribution in [0.2, 0.25) is 0 Å². The fraction of sp³-hybridized carbons (Fsp3) is 0.0714. The van der Waals surface area contributed by atoms with Gasteiger partial charge in [0.05, 0.1) is 11.3 Å². The maximum Gasteiger partial charge on any atom is 0.435 e. The SMILES string of the molecule is Fc1c(-c2cccs2)c(C(F)(F)F)nn1-c1ccccc1. The van der Waals surface area contributed by atoms with E-state index in [2.05, 4.69) is 5.10 Å².